The molecule has 82 valence electrons. The zero-order valence-electron chi connectivity index (χ0n) is 8.67. The van der Waals surface area contributed by atoms with Crippen LogP contribution in [0.4, 0.5) is 9.18 Å². The highest BCUT2D eigenvalue weighted by Crippen LogP contribution is 2.12. The molecule has 0 aromatic rings. The van der Waals surface area contributed by atoms with Gasteiger partial charge in [-0.3, -0.25) is 0 Å². The first-order valence-electron chi connectivity index (χ1n) is 5.33. The first-order valence-corrected chi connectivity index (χ1v) is 5.33. The van der Waals surface area contributed by atoms with Crippen LogP contribution in [0.5, 0.6) is 0 Å². The van der Waals surface area contributed by atoms with Crippen LogP contribution in [0, 0.1) is 0 Å². The lowest BCUT2D eigenvalue weighted by atomic mass is 10.1. The normalized spacial score (nSPS) is 19.1. The minimum Gasteiger partial charge on any atom is -0.415 e. The second-order valence-electron chi connectivity index (χ2n) is 3.63. The predicted molar refractivity (Wildman–Crippen MR) is 51.7 cm³/mol. The van der Waals surface area contributed by atoms with Crippen LogP contribution in [-0.2, 0) is 4.74 Å². The third kappa shape index (κ3) is 3.52. The van der Waals surface area contributed by atoms with E-state index in [1.807, 2.05) is 6.92 Å². The Bertz CT molecular complexity index is 181. The molecule has 0 bridgehead atoms. The van der Waals surface area contributed by atoms with Gasteiger partial charge < -0.3 is 9.64 Å². The van der Waals surface area contributed by atoms with Gasteiger partial charge in [0.25, 0.3) is 0 Å². The van der Waals surface area contributed by atoms with E-state index in [4.69, 9.17) is 0 Å². The van der Waals surface area contributed by atoms with Crippen molar-refractivity contribution in [3.8, 4) is 0 Å². The maximum absolute atomic E-state index is 12.9. The third-order valence-electron chi connectivity index (χ3n) is 2.36. The molecule has 1 atom stereocenters. The number of nitrogens with zero attached hydrogens (tertiary/aromatic N) is 1. The van der Waals surface area contributed by atoms with Gasteiger partial charge in [-0.15, -0.1) is 0 Å². The highest BCUT2D eigenvalue weighted by molar-refractivity contribution is 5.67. The SMILES string of the molecule is CCCC(F)OC(=O)N1CCCCC1. The maximum Gasteiger partial charge on any atom is 0.412 e. The van der Waals surface area contributed by atoms with Crippen molar-refractivity contribution in [3.63, 3.8) is 0 Å². The Morgan fingerprint density at radius 3 is 2.64 bits per heavy atom. The van der Waals surface area contributed by atoms with Crippen molar-refractivity contribution in [2.45, 2.75) is 45.4 Å². The number of rotatable bonds is 3. The van der Waals surface area contributed by atoms with Gasteiger partial charge in [-0.1, -0.05) is 6.92 Å². The van der Waals surface area contributed by atoms with Gasteiger partial charge >= 0.3 is 6.09 Å². The molecule has 0 aromatic carbocycles. The summed E-state index contributed by atoms with van der Waals surface area (Å²) >= 11 is 0. The summed E-state index contributed by atoms with van der Waals surface area (Å²) in [6.07, 6.45) is 2.20. The Morgan fingerprint density at radius 1 is 1.43 bits per heavy atom. The zero-order valence-corrected chi connectivity index (χ0v) is 8.67. The molecule has 1 heterocycles. The largest absolute Gasteiger partial charge is 0.415 e. The van der Waals surface area contributed by atoms with E-state index in [1.165, 1.54) is 0 Å². The molecule has 0 saturated carbocycles. The van der Waals surface area contributed by atoms with Gasteiger partial charge in [0.15, 0.2) is 0 Å². The molecule has 0 spiro atoms. The van der Waals surface area contributed by atoms with Crippen molar-refractivity contribution < 1.29 is 13.9 Å². The summed E-state index contributed by atoms with van der Waals surface area (Å²) in [5.41, 5.74) is 0. The Hall–Kier alpha value is -0.800. The molecule has 1 rings (SSSR count). The van der Waals surface area contributed by atoms with Crippen LogP contribution >= 0.6 is 0 Å². The summed E-state index contributed by atoms with van der Waals surface area (Å²) in [6.45, 7) is 3.27. The molecule has 0 aliphatic carbocycles. The van der Waals surface area contributed by atoms with Gasteiger partial charge in [0, 0.05) is 19.5 Å². The van der Waals surface area contributed by atoms with E-state index >= 15 is 0 Å². The second-order valence-corrected chi connectivity index (χ2v) is 3.63. The fraction of sp³-hybridized carbons (Fsp3) is 0.900. The Balaban J connectivity index is 2.25. The molecule has 1 fully saturated rings. The molecule has 1 amide bonds. The summed E-state index contributed by atoms with van der Waals surface area (Å²) in [5, 5.41) is 0. The minimum absolute atomic E-state index is 0.291. The van der Waals surface area contributed by atoms with Gasteiger partial charge in [0.2, 0.25) is 6.36 Å². The molecule has 1 unspecified atom stereocenters. The average Bonchev–Trinajstić information content (AvgIpc) is 2.19. The highest BCUT2D eigenvalue weighted by atomic mass is 19.1. The fourth-order valence-corrected chi connectivity index (χ4v) is 1.55. The summed E-state index contributed by atoms with van der Waals surface area (Å²) in [5.74, 6) is 0. The predicted octanol–water partition coefficient (Wildman–Crippen LogP) is 2.70. The van der Waals surface area contributed by atoms with E-state index < -0.39 is 12.5 Å². The van der Waals surface area contributed by atoms with E-state index in [1.54, 1.807) is 4.90 Å². The van der Waals surface area contributed by atoms with Crippen LogP contribution in [-0.4, -0.2) is 30.4 Å². The van der Waals surface area contributed by atoms with Crippen molar-refractivity contribution in [2.75, 3.05) is 13.1 Å². The number of hydrogen-bond donors (Lipinski definition) is 0. The van der Waals surface area contributed by atoms with Crippen LogP contribution in [0.1, 0.15) is 39.0 Å². The number of piperidine rings is 1. The topological polar surface area (TPSA) is 29.5 Å². The monoisotopic (exact) mass is 203 g/mol. The molecular weight excluding hydrogens is 185 g/mol. The van der Waals surface area contributed by atoms with E-state index in [9.17, 15) is 9.18 Å². The Morgan fingerprint density at radius 2 is 2.07 bits per heavy atom. The summed E-state index contributed by atoms with van der Waals surface area (Å²) < 4.78 is 17.6. The third-order valence-corrected chi connectivity index (χ3v) is 2.36. The van der Waals surface area contributed by atoms with Crippen molar-refractivity contribution in [1.82, 2.24) is 4.90 Å². The van der Waals surface area contributed by atoms with Crippen molar-refractivity contribution in [3.05, 3.63) is 0 Å². The van der Waals surface area contributed by atoms with Crippen LogP contribution in [0.15, 0.2) is 0 Å². The van der Waals surface area contributed by atoms with E-state index in [2.05, 4.69) is 4.74 Å². The van der Waals surface area contributed by atoms with Gasteiger partial charge in [0.1, 0.15) is 0 Å². The van der Waals surface area contributed by atoms with Crippen LogP contribution in [0.2, 0.25) is 0 Å². The molecule has 4 heteroatoms. The van der Waals surface area contributed by atoms with Gasteiger partial charge in [-0.2, -0.15) is 0 Å². The number of amides is 1. The smallest absolute Gasteiger partial charge is 0.412 e. The minimum atomic E-state index is -1.44. The van der Waals surface area contributed by atoms with Gasteiger partial charge in [0.05, 0.1) is 0 Å². The molecule has 1 aliphatic rings. The fourth-order valence-electron chi connectivity index (χ4n) is 1.55. The van der Waals surface area contributed by atoms with Crippen molar-refractivity contribution in [2.24, 2.45) is 0 Å². The lowest BCUT2D eigenvalue weighted by Gasteiger charge is -2.26. The summed E-state index contributed by atoms with van der Waals surface area (Å²) in [7, 11) is 0. The van der Waals surface area contributed by atoms with Crippen LogP contribution in [0.25, 0.3) is 0 Å². The number of alkyl halides is 1. The van der Waals surface area contributed by atoms with Gasteiger partial charge in [-0.05, 0) is 25.7 Å². The summed E-state index contributed by atoms with van der Waals surface area (Å²) in [6, 6.07) is 0. The van der Waals surface area contributed by atoms with Gasteiger partial charge in [-0.25, -0.2) is 9.18 Å². The summed E-state index contributed by atoms with van der Waals surface area (Å²) in [4.78, 5) is 12.9. The molecule has 1 saturated heterocycles. The molecular formula is C10H18FNO2. The van der Waals surface area contributed by atoms with E-state index in [-0.39, 0.29) is 0 Å². The molecule has 0 radical (unpaired) electrons. The lowest BCUT2D eigenvalue weighted by molar-refractivity contribution is -0.0131. The van der Waals surface area contributed by atoms with Crippen molar-refractivity contribution >= 4 is 6.09 Å². The molecule has 14 heavy (non-hydrogen) atoms. The van der Waals surface area contributed by atoms with E-state index in [0.717, 1.165) is 19.3 Å². The highest BCUT2D eigenvalue weighted by Gasteiger charge is 2.20. The molecule has 0 aromatic heterocycles. The Kier molecular flexibility index (Phi) is 4.70. The number of hydrogen-bond acceptors (Lipinski definition) is 2. The molecule has 1 aliphatic heterocycles. The zero-order chi connectivity index (χ0) is 10.4. The molecule has 0 N–H and O–H groups in total. The number of carbonyl (C=O) groups excluding carboxylic acids is 1. The molecule has 3 nitrogen and oxygen atoms in total. The van der Waals surface area contributed by atoms with E-state index in [0.29, 0.717) is 25.9 Å². The average molecular weight is 203 g/mol. The number of likely N-dealkylation sites (tertiary alicyclic amines) is 1. The maximum atomic E-state index is 12.9. The Labute approximate surface area is 84.2 Å². The van der Waals surface area contributed by atoms with Crippen LogP contribution < -0.4 is 0 Å². The van der Waals surface area contributed by atoms with Crippen molar-refractivity contribution in [1.29, 1.82) is 0 Å². The number of halogens is 1. The second kappa shape index (κ2) is 5.83. The first-order chi connectivity index (χ1) is 6.74. The quantitative estimate of drug-likeness (QED) is 0.705. The number of ether oxygens (including phenoxy) is 1. The number of carbonyl (C=O) groups is 1. The van der Waals surface area contributed by atoms with Crippen LogP contribution in [0.3, 0.4) is 0 Å². The first kappa shape index (κ1) is 11.3. The standard InChI is InChI=1S/C10H18FNO2/c1-2-6-9(11)14-10(13)12-7-4-3-5-8-12/h9H,2-8H2,1H3. The lowest BCUT2D eigenvalue weighted by Crippen LogP contribution is -2.37.